The van der Waals surface area contributed by atoms with Crippen LogP contribution in [0.15, 0.2) is 20.1 Å². The minimum Gasteiger partial charge on any atom is -0.321 e. The Hall–Kier alpha value is 2.13. The smallest absolute Gasteiger partial charge is 0.112 e. The Balaban J connectivity index is 4.66. The van der Waals surface area contributed by atoms with Crippen molar-refractivity contribution >= 4 is 91.3 Å². The topological polar surface area (TPSA) is 0 Å². The second-order valence-electron chi connectivity index (χ2n) is 4.44. The molecule has 0 bridgehead atoms. The van der Waals surface area contributed by atoms with E-state index < -0.39 is 0 Å². The van der Waals surface area contributed by atoms with E-state index in [1.165, 1.54) is 0 Å². The van der Waals surface area contributed by atoms with Gasteiger partial charge in [0, 0.05) is 20.2 Å². The second kappa shape index (κ2) is 9.96. The molecule has 0 heterocycles. The molecule has 0 saturated carbocycles. The average molecular weight is 597 g/mol. The minimum atomic E-state index is 0.286. The van der Waals surface area contributed by atoms with E-state index in [9.17, 15) is 0 Å². The van der Waals surface area contributed by atoms with E-state index >= 15 is 0 Å². The Bertz CT molecular complexity index is 327. The Morgan fingerprint density at radius 3 is 2.28 bits per heavy atom. The standard InChI is InChI=1S/C11H16Br5ClN/c1-18(2,4-3-8(17)5-12)7-10(15)11(16)9(14)6-13/h3,9H,4-7H2,1-2H3/q+1/b8-3-,11-10+. The van der Waals surface area contributed by atoms with Crippen molar-refractivity contribution in [2.24, 2.45) is 0 Å². The predicted molar refractivity (Wildman–Crippen MR) is 101 cm³/mol. The normalized spacial score (nSPS) is 16.6. The molecule has 0 aliphatic carbocycles. The van der Waals surface area contributed by atoms with E-state index in [-0.39, 0.29) is 4.83 Å². The third-order valence-corrected chi connectivity index (χ3v) is 8.54. The number of hydrogen-bond donors (Lipinski definition) is 0. The molecule has 0 spiro atoms. The van der Waals surface area contributed by atoms with Gasteiger partial charge in [0.15, 0.2) is 0 Å². The monoisotopic (exact) mass is 592 g/mol. The van der Waals surface area contributed by atoms with Crippen LogP contribution in [0.1, 0.15) is 0 Å². The maximum Gasteiger partial charge on any atom is 0.112 e. The molecule has 1 atom stereocenters. The maximum absolute atomic E-state index is 6.00. The molecule has 0 aliphatic heterocycles. The Morgan fingerprint density at radius 1 is 1.28 bits per heavy atom. The van der Waals surface area contributed by atoms with Crippen LogP contribution in [0.3, 0.4) is 0 Å². The van der Waals surface area contributed by atoms with Crippen LogP contribution < -0.4 is 0 Å². The lowest BCUT2D eigenvalue weighted by atomic mass is 10.3. The largest absolute Gasteiger partial charge is 0.321 e. The van der Waals surface area contributed by atoms with Crippen molar-refractivity contribution < 1.29 is 4.48 Å². The van der Waals surface area contributed by atoms with Crippen LogP contribution in [0.25, 0.3) is 0 Å². The van der Waals surface area contributed by atoms with Gasteiger partial charge in [-0.2, -0.15) is 0 Å². The Kier molecular flexibility index (Phi) is 11.1. The number of likely N-dealkylation sites (N-methyl/N-ethyl adjacent to an activating group) is 1. The lowest BCUT2D eigenvalue weighted by Gasteiger charge is -2.29. The molecule has 0 aliphatic rings. The SMILES string of the molecule is C[N+](C)(C/C=C(\Cl)CBr)C/C(Br)=C(\Br)C(Br)CBr. The third kappa shape index (κ3) is 8.42. The number of quaternary nitrogens is 1. The first-order valence-electron chi connectivity index (χ1n) is 5.20. The number of rotatable bonds is 7. The molecule has 1 unspecified atom stereocenters. The summed E-state index contributed by atoms with van der Waals surface area (Å²) in [5.41, 5.74) is 0. The van der Waals surface area contributed by atoms with Crippen LogP contribution in [0.5, 0.6) is 0 Å². The van der Waals surface area contributed by atoms with Gasteiger partial charge in [-0.1, -0.05) is 75.3 Å². The van der Waals surface area contributed by atoms with E-state index in [0.29, 0.717) is 5.33 Å². The first-order chi connectivity index (χ1) is 8.23. The van der Waals surface area contributed by atoms with Crippen LogP contribution in [0.2, 0.25) is 0 Å². The summed E-state index contributed by atoms with van der Waals surface area (Å²) < 4.78 is 3.14. The number of alkyl halides is 3. The molecule has 0 aromatic rings. The molecule has 0 radical (unpaired) electrons. The molecule has 0 N–H and O–H groups in total. The van der Waals surface area contributed by atoms with E-state index in [1.807, 2.05) is 0 Å². The van der Waals surface area contributed by atoms with Gasteiger partial charge in [0.2, 0.25) is 0 Å². The molecule has 7 heteroatoms. The molecule has 0 fully saturated rings. The molecule has 106 valence electrons. The van der Waals surface area contributed by atoms with Gasteiger partial charge in [-0.3, -0.25) is 0 Å². The van der Waals surface area contributed by atoms with E-state index in [1.54, 1.807) is 0 Å². The number of nitrogens with zero attached hydrogens (tertiary/aromatic N) is 1. The zero-order valence-corrected chi connectivity index (χ0v) is 18.9. The molecule has 0 rings (SSSR count). The molecule has 1 nitrogen and oxygen atoms in total. The van der Waals surface area contributed by atoms with Crippen LogP contribution in [0.4, 0.5) is 0 Å². The lowest BCUT2D eigenvalue weighted by molar-refractivity contribution is -0.879. The number of hydrogen-bond acceptors (Lipinski definition) is 0. The van der Waals surface area contributed by atoms with Gasteiger partial charge in [-0.15, -0.1) is 0 Å². The predicted octanol–water partition coefficient (Wildman–Crippen LogP) is 5.74. The fourth-order valence-corrected chi connectivity index (χ4v) is 4.04. The van der Waals surface area contributed by atoms with E-state index in [4.69, 9.17) is 11.6 Å². The minimum absolute atomic E-state index is 0.286. The summed E-state index contributed by atoms with van der Waals surface area (Å²) in [6.45, 7) is 1.79. The molecular formula is C11H16Br5ClN+. The number of allylic oxidation sites excluding steroid dienone is 2. The highest BCUT2D eigenvalue weighted by Crippen LogP contribution is 2.28. The molecule has 0 amide bonds. The van der Waals surface area contributed by atoms with Crippen LogP contribution in [-0.2, 0) is 0 Å². The summed E-state index contributed by atoms with van der Waals surface area (Å²) in [5.74, 6) is 0. The zero-order valence-electron chi connectivity index (χ0n) is 10.2. The molecule has 18 heavy (non-hydrogen) atoms. The van der Waals surface area contributed by atoms with Gasteiger partial charge < -0.3 is 4.48 Å². The summed E-state index contributed by atoms with van der Waals surface area (Å²) >= 11 is 23.7. The maximum atomic E-state index is 6.00. The van der Waals surface area contributed by atoms with Gasteiger partial charge in [-0.25, -0.2) is 0 Å². The fourth-order valence-electron chi connectivity index (χ4n) is 1.15. The third-order valence-electron chi connectivity index (χ3n) is 2.17. The van der Waals surface area contributed by atoms with Crippen molar-refractivity contribution in [3.63, 3.8) is 0 Å². The van der Waals surface area contributed by atoms with E-state index in [0.717, 1.165) is 36.9 Å². The molecule has 0 aromatic heterocycles. The zero-order chi connectivity index (χ0) is 14.3. The van der Waals surface area contributed by atoms with Crippen LogP contribution >= 0.6 is 91.3 Å². The summed E-state index contributed by atoms with van der Waals surface area (Å²) in [6.07, 6.45) is 2.06. The van der Waals surface area contributed by atoms with Gasteiger partial charge in [-0.05, 0) is 22.0 Å². The quantitative estimate of drug-likeness (QED) is 0.260. The highest BCUT2D eigenvalue weighted by atomic mass is 79.9. The molecular weight excluding hydrogens is 581 g/mol. The van der Waals surface area contributed by atoms with Gasteiger partial charge in [0.25, 0.3) is 0 Å². The highest BCUT2D eigenvalue weighted by Gasteiger charge is 2.19. The summed E-state index contributed by atoms with van der Waals surface area (Å²) in [4.78, 5) is 0.286. The van der Waals surface area contributed by atoms with Crippen molar-refractivity contribution in [2.45, 2.75) is 4.83 Å². The van der Waals surface area contributed by atoms with Crippen LogP contribution in [-0.4, -0.2) is 47.2 Å². The molecule has 0 saturated heterocycles. The van der Waals surface area contributed by atoms with Crippen molar-refractivity contribution in [3.05, 3.63) is 20.1 Å². The first kappa shape index (κ1) is 20.1. The molecule has 0 aromatic carbocycles. The van der Waals surface area contributed by atoms with E-state index in [2.05, 4.69) is 99.8 Å². The van der Waals surface area contributed by atoms with Gasteiger partial charge in [0.1, 0.15) is 6.54 Å². The number of halogens is 6. The highest BCUT2D eigenvalue weighted by molar-refractivity contribution is 9.16. The van der Waals surface area contributed by atoms with Crippen molar-refractivity contribution in [3.8, 4) is 0 Å². The summed E-state index contributed by atoms with van der Waals surface area (Å²) in [6, 6.07) is 0. The summed E-state index contributed by atoms with van der Waals surface area (Å²) in [5, 5.41) is 2.42. The van der Waals surface area contributed by atoms with Gasteiger partial charge in [0.05, 0.1) is 29.9 Å². The van der Waals surface area contributed by atoms with Crippen molar-refractivity contribution in [1.82, 2.24) is 0 Å². The Morgan fingerprint density at radius 2 is 1.83 bits per heavy atom. The first-order valence-corrected chi connectivity index (χ1v) is 10.3. The van der Waals surface area contributed by atoms with Crippen molar-refractivity contribution in [1.29, 1.82) is 0 Å². The Labute approximate surface area is 157 Å². The van der Waals surface area contributed by atoms with Crippen molar-refractivity contribution in [2.75, 3.05) is 37.8 Å². The fraction of sp³-hybridized carbons (Fsp3) is 0.636. The van der Waals surface area contributed by atoms with Crippen LogP contribution in [0, 0.1) is 0 Å². The second-order valence-corrected chi connectivity index (χ2v) is 9.05. The average Bonchev–Trinajstić information content (AvgIpc) is 2.33. The van der Waals surface area contributed by atoms with Gasteiger partial charge >= 0.3 is 0 Å². The summed E-state index contributed by atoms with van der Waals surface area (Å²) in [7, 11) is 4.35. The lowest BCUT2D eigenvalue weighted by Crippen LogP contribution is -2.41.